The second-order valence-electron chi connectivity index (χ2n) is 9.38. The molecule has 1 aliphatic rings. The number of hydrogen-bond acceptors (Lipinski definition) is 7. The summed E-state index contributed by atoms with van der Waals surface area (Å²) in [4.78, 5) is 26.9. The standard InChI is InChI=1S/C28H25N5O4S/c1-17-11-23-22(7-8-29-27(23)33(17)2)24-6-5-19-14-30-21(13-25(19)32-24)15-31-28(34)18-3-4-20-16-37-9-10-38(35,36)26(20)12-18/h3-8,11-14H,9-10,15-16H2,1-2H3,(H,31,34). The fraction of sp³-hybridized carbons (Fsp3) is 0.214. The van der Waals surface area contributed by atoms with Gasteiger partial charge in [0, 0.05) is 47.0 Å². The zero-order valence-electron chi connectivity index (χ0n) is 20.9. The molecule has 38 heavy (non-hydrogen) atoms. The number of benzene rings is 1. The number of aryl methyl sites for hydroxylation is 2. The molecular formula is C28H25N5O4S. The number of amides is 1. The average Bonchev–Trinajstić information content (AvgIpc) is 3.12. The Morgan fingerprint density at radius 2 is 1.97 bits per heavy atom. The van der Waals surface area contributed by atoms with Crippen LogP contribution in [0.1, 0.15) is 27.3 Å². The second-order valence-corrected chi connectivity index (χ2v) is 11.5. The predicted molar refractivity (Wildman–Crippen MR) is 143 cm³/mol. The van der Waals surface area contributed by atoms with Gasteiger partial charge in [-0.05, 0) is 55.0 Å². The van der Waals surface area contributed by atoms with Crippen molar-refractivity contribution in [1.82, 2.24) is 24.8 Å². The van der Waals surface area contributed by atoms with Gasteiger partial charge in [0.2, 0.25) is 0 Å². The minimum absolute atomic E-state index is 0.101. The number of hydrogen-bond donors (Lipinski definition) is 1. The number of nitrogens with zero attached hydrogens (tertiary/aromatic N) is 4. The lowest BCUT2D eigenvalue weighted by Crippen LogP contribution is -2.23. The highest BCUT2D eigenvalue weighted by Crippen LogP contribution is 2.29. The van der Waals surface area contributed by atoms with Gasteiger partial charge in [-0.25, -0.2) is 18.4 Å². The summed E-state index contributed by atoms with van der Waals surface area (Å²) in [5, 5.41) is 4.77. The summed E-state index contributed by atoms with van der Waals surface area (Å²) in [6.45, 7) is 2.57. The number of pyridine rings is 3. The van der Waals surface area contributed by atoms with E-state index in [0.29, 0.717) is 11.3 Å². The summed E-state index contributed by atoms with van der Waals surface area (Å²) < 4.78 is 32.5. The first kappa shape index (κ1) is 24.2. The van der Waals surface area contributed by atoms with Crippen LogP contribution in [0, 0.1) is 6.92 Å². The summed E-state index contributed by atoms with van der Waals surface area (Å²) in [5.74, 6) is -0.480. The van der Waals surface area contributed by atoms with Crippen LogP contribution in [0.15, 0.2) is 65.8 Å². The summed E-state index contributed by atoms with van der Waals surface area (Å²) >= 11 is 0. The maximum Gasteiger partial charge on any atom is 0.251 e. The van der Waals surface area contributed by atoms with E-state index < -0.39 is 9.84 Å². The lowest BCUT2D eigenvalue weighted by molar-refractivity contribution is 0.0950. The first-order valence-corrected chi connectivity index (χ1v) is 13.8. The van der Waals surface area contributed by atoms with E-state index in [1.54, 1.807) is 24.5 Å². The second kappa shape index (κ2) is 9.30. The van der Waals surface area contributed by atoms with Crippen molar-refractivity contribution in [1.29, 1.82) is 0 Å². The molecule has 5 heterocycles. The zero-order chi connectivity index (χ0) is 26.4. The molecule has 0 saturated heterocycles. The smallest absolute Gasteiger partial charge is 0.251 e. The Kier molecular flexibility index (Phi) is 5.93. The largest absolute Gasteiger partial charge is 0.376 e. The van der Waals surface area contributed by atoms with E-state index >= 15 is 0 Å². The number of carbonyl (C=O) groups is 1. The SMILES string of the molecule is Cc1cc2c(-c3ccc4cnc(CNC(=O)c5ccc6c(c5)S(=O)(=O)CCOC6)cc4n3)ccnc2n1C. The highest BCUT2D eigenvalue weighted by atomic mass is 32.2. The van der Waals surface area contributed by atoms with Gasteiger partial charge >= 0.3 is 0 Å². The number of nitrogens with one attached hydrogen (secondary N) is 1. The Labute approximate surface area is 219 Å². The third-order valence-electron chi connectivity index (χ3n) is 6.92. The van der Waals surface area contributed by atoms with E-state index in [1.807, 2.05) is 38.2 Å². The molecule has 0 atom stereocenters. The lowest BCUT2D eigenvalue weighted by atomic mass is 10.1. The predicted octanol–water partition coefficient (Wildman–Crippen LogP) is 3.73. The molecule has 10 heteroatoms. The number of aromatic nitrogens is 4. The van der Waals surface area contributed by atoms with Crippen molar-refractivity contribution in [2.24, 2.45) is 7.05 Å². The molecule has 1 N–H and O–H groups in total. The van der Waals surface area contributed by atoms with Crippen LogP contribution in [0.5, 0.6) is 0 Å². The number of fused-ring (bicyclic) bond motifs is 3. The van der Waals surface area contributed by atoms with Crippen molar-refractivity contribution in [2.45, 2.75) is 25.0 Å². The van der Waals surface area contributed by atoms with Crippen LogP contribution in [0.4, 0.5) is 0 Å². The minimum atomic E-state index is -3.50. The van der Waals surface area contributed by atoms with Gasteiger partial charge in [-0.3, -0.25) is 9.78 Å². The van der Waals surface area contributed by atoms with Gasteiger partial charge in [0.15, 0.2) is 9.84 Å². The van der Waals surface area contributed by atoms with Crippen molar-refractivity contribution < 1.29 is 17.9 Å². The van der Waals surface area contributed by atoms with Gasteiger partial charge in [0.1, 0.15) is 5.65 Å². The Bertz CT molecular complexity index is 1850. The van der Waals surface area contributed by atoms with Gasteiger partial charge in [-0.1, -0.05) is 6.07 Å². The molecule has 192 valence electrons. The molecule has 0 aliphatic carbocycles. The first-order valence-electron chi connectivity index (χ1n) is 12.2. The van der Waals surface area contributed by atoms with E-state index in [2.05, 4.69) is 25.9 Å². The molecule has 9 nitrogen and oxygen atoms in total. The van der Waals surface area contributed by atoms with Crippen LogP contribution >= 0.6 is 0 Å². The summed E-state index contributed by atoms with van der Waals surface area (Å²) in [6, 6.07) is 14.6. The van der Waals surface area contributed by atoms with Crippen LogP contribution < -0.4 is 5.32 Å². The van der Waals surface area contributed by atoms with Crippen molar-refractivity contribution in [2.75, 3.05) is 12.4 Å². The van der Waals surface area contributed by atoms with Crippen molar-refractivity contribution >= 4 is 37.7 Å². The maximum atomic E-state index is 12.9. The van der Waals surface area contributed by atoms with E-state index in [0.717, 1.165) is 38.9 Å². The van der Waals surface area contributed by atoms with Gasteiger partial charge in [0.25, 0.3) is 5.91 Å². The topological polar surface area (TPSA) is 116 Å². The third kappa shape index (κ3) is 4.31. The van der Waals surface area contributed by atoms with E-state index in [1.165, 1.54) is 6.07 Å². The normalized spacial score (nSPS) is 14.8. The molecule has 1 aromatic carbocycles. The minimum Gasteiger partial charge on any atom is -0.376 e. The molecule has 0 bridgehead atoms. The van der Waals surface area contributed by atoms with Crippen molar-refractivity contribution in [3.8, 4) is 11.3 Å². The Balaban J connectivity index is 1.26. The van der Waals surface area contributed by atoms with Gasteiger partial charge in [-0.2, -0.15) is 0 Å². The molecule has 1 amide bonds. The number of rotatable bonds is 4. The Morgan fingerprint density at radius 3 is 2.84 bits per heavy atom. The monoisotopic (exact) mass is 527 g/mol. The highest BCUT2D eigenvalue weighted by Gasteiger charge is 2.23. The Hall–Kier alpha value is -4.15. The molecular weight excluding hydrogens is 502 g/mol. The van der Waals surface area contributed by atoms with Crippen LogP contribution in [0.3, 0.4) is 0 Å². The average molecular weight is 528 g/mol. The first-order chi connectivity index (χ1) is 18.3. The summed E-state index contributed by atoms with van der Waals surface area (Å²) in [7, 11) is -1.51. The summed E-state index contributed by atoms with van der Waals surface area (Å²) in [5.41, 5.74) is 6.07. The summed E-state index contributed by atoms with van der Waals surface area (Å²) in [6.07, 6.45) is 3.52. The number of sulfone groups is 1. The molecule has 1 aliphatic heterocycles. The maximum absolute atomic E-state index is 12.9. The molecule has 5 aromatic rings. The molecule has 0 radical (unpaired) electrons. The molecule has 4 aromatic heterocycles. The van der Waals surface area contributed by atoms with E-state index in [4.69, 9.17) is 9.72 Å². The lowest BCUT2D eigenvalue weighted by Gasteiger charge is -2.10. The zero-order valence-corrected chi connectivity index (χ0v) is 21.7. The number of ether oxygens (including phenoxy) is 1. The molecule has 6 rings (SSSR count). The fourth-order valence-corrected chi connectivity index (χ4v) is 6.10. The van der Waals surface area contributed by atoms with Crippen LogP contribution in [0.25, 0.3) is 33.2 Å². The molecule has 0 fully saturated rings. The highest BCUT2D eigenvalue weighted by molar-refractivity contribution is 7.91. The number of carbonyl (C=O) groups excluding carboxylic acids is 1. The quantitative estimate of drug-likeness (QED) is 0.379. The van der Waals surface area contributed by atoms with Crippen LogP contribution in [-0.2, 0) is 34.8 Å². The van der Waals surface area contributed by atoms with Gasteiger partial charge < -0.3 is 14.6 Å². The molecule has 0 spiro atoms. The van der Waals surface area contributed by atoms with Crippen LogP contribution in [-0.4, -0.2) is 46.2 Å². The molecule has 0 unspecified atom stereocenters. The van der Waals surface area contributed by atoms with Gasteiger partial charge in [-0.15, -0.1) is 0 Å². The van der Waals surface area contributed by atoms with E-state index in [9.17, 15) is 13.2 Å². The van der Waals surface area contributed by atoms with E-state index in [-0.39, 0.29) is 41.9 Å². The molecule has 0 saturated carbocycles. The Morgan fingerprint density at radius 1 is 1.11 bits per heavy atom. The van der Waals surface area contributed by atoms with Crippen molar-refractivity contribution in [3.05, 3.63) is 83.4 Å². The van der Waals surface area contributed by atoms with Gasteiger partial charge in [0.05, 0.1) is 47.3 Å². The third-order valence-corrected chi connectivity index (χ3v) is 8.68. The fourth-order valence-electron chi connectivity index (χ4n) is 4.71. The van der Waals surface area contributed by atoms with Crippen molar-refractivity contribution in [3.63, 3.8) is 0 Å². The van der Waals surface area contributed by atoms with Crippen LogP contribution in [0.2, 0.25) is 0 Å².